The van der Waals surface area contributed by atoms with Crippen LogP contribution < -0.4 is 5.32 Å². The van der Waals surface area contributed by atoms with E-state index in [1.165, 1.54) is 18.9 Å². The fourth-order valence-corrected chi connectivity index (χ4v) is 2.74. The standard InChI is InChI=1S/C13H17BrFN3O2/c1-9(17-4-2-3-5-17)8-16-12-6-10(14)11(15)7-13(12)18(19)20/h6-7,9,16H,2-5,8H2,1H3. The summed E-state index contributed by atoms with van der Waals surface area (Å²) in [4.78, 5) is 12.7. The maximum absolute atomic E-state index is 13.4. The zero-order chi connectivity index (χ0) is 14.7. The van der Waals surface area contributed by atoms with Gasteiger partial charge in [-0.25, -0.2) is 4.39 Å². The minimum atomic E-state index is -0.630. The van der Waals surface area contributed by atoms with Crippen LogP contribution in [0.25, 0.3) is 0 Å². The molecular formula is C13H17BrFN3O2. The Balaban J connectivity index is 2.08. The van der Waals surface area contributed by atoms with Gasteiger partial charge in [-0.3, -0.25) is 15.0 Å². The lowest BCUT2D eigenvalue weighted by atomic mass is 10.2. The van der Waals surface area contributed by atoms with Gasteiger partial charge in [0.15, 0.2) is 0 Å². The highest BCUT2D eigenvalue weighted by Crippen LogP contribution is 2.30. The smallest absolute Gasteiger partial charge is 0.295 e. The van der Waals surface area contributed by atoms with Crippen LogP contribution >= 0.6 is 15.9 Å². The predicted octanol–water partition coefficient (Wildman–Crippen LogP) is 3.39. The summed E-state index contributed by atoms with van der Waals surface area (Å²) in [6.07, 6.45) is 2.40. The number of hydrogen-bond donors (Lipinski definition) is 1. The third kappa shape index (κ3) is 3.46. The van der Waals surface area contributed by atoms with Gasteiger partial charge in [-0.15, -0.1) is 0 Å². The zero-order valence-electron chi connectivity index (χ0n) is 11.2. The van der Waals surface area contributed by atoms with Crippen LogP contribution in [-0.2, 0) is 0 Å². The molecule has 0 aliphatic carbocycles. The van der Waals surface area contributed by atoms with Crippen molar-refractivity contribution in [2.75, 3.05) is 25.0 Å². The minimum absolute atomic E-state index is 0.222. The Hall–Kier alpha value is -1.21. The molecule has 1 fully saturated rings. The number of anilines is 1. The summed E-state index contributed by atoms with van der Waals surface area (Å²) >= 11 is 3.05. The molecule has 7 heteroatoms. The van der Waals surface area contributed by atoms with E-state index in [9.17, 15) is 14.5 Å². The van der Waals surface area contributed by atoms with Gasteiger partial charge in [-0.2, -0.15) is 0 Å². The van der Waals surface area contributed by atoms with Gasteiger partial charge < -0.3 is 5.32 Å². The first-order valence-corrected chi connectivity index (χ1v) is 7.39. The average Bonchev–Trinajstić information content (AvgIpc) is 2.93. The molecule has 0 spiro atoms. The molecule has 5 nitrogen and oxygen atoms in total. The lowest BCUT2D eigenvalue weighted by Crippen LogP contribution is -2.35. The largest absolute Gasteiger partial charge is 0.378 e. The highest BCUT2D eigenvalue weighted by atomic mass is 79.9. The second kappa shape index (κ2) is 6.49. The fraction of sp³-hybridized carbons (Fsp3) is 0.538. The quantitative estimate of drug-likeness (QED) is 0.656. The van der Waals surface area contributed by atoms with Crippen molar-refractivity contribution < 1.29 is 9.31 Å². The molecule has 0 radical (unpaired) electrons. The van der Waals surface area contributed by atoms with Crippen molar-refractivity contribution in [2.45, 2.75) is 25.8 Å². The van der Waals surface area contributed by atoms with E-state index in [1.807, 2.05) is 0 Å². The minimum Gasteiger partial charge on any atom is -0.378 e. The highest BCUT2D eigenvalue weighted by Gasteiger charge is 2.21. The number of nitrogens with zero attached hydrogens (tertiary/aromatic N) is 2. The molecule has 0 bridgehead atoms. The van der Waals surface area contributed by atoms with E-state index in [0.717, 1.165) is 19.2 Å². The molecular weight excluding hydrogens is 329 g/mol. The van der Waals surface area contributed by atoms with Gasteiger partial charge in [-0.1, -0.05) is 0 Å². The van der Waals surface area contributed by atoms with Crippen molar-refractivity contribution >= 4 is 27.3 Å². The number of nitro groups is 1. The van der Waals surface area contributed by atoms with E-state index >= 15 is 0 Å². The molecule has 1 unspecified atom stereocenters. The second-order valence-electron chi connectivity index (χ2n) is 5.01. The zero-order valence-corrected chi connectivity index (χ0v) is 12.8. The maximum atomic E-state index is 13.4. The number of nitro benzene ring substituents is 1. The third-order valence-corrected chi connectivity index (χ3v) is 4.19. The molecule has 110 valence electrons. The number of benzene rings is 1. The molecule has 1 aromatic rings. The summed E-state index contributed by atoms with van der Waals surface area (Å²) < 4.78 is 13.6. The Morgan fingerprint density at radius 2 is 2.15 bits per heavy atom. The molecule has 20 heavy (non-hydrogen) atoms. The van der Waals surface area contributed by atoms with Gasteiger partial charge in [0.1, 0.15) is 11.5 Å². The number of rotatable bonds is 5. The topological polar surface area (TPSA) is 58.4 Å². The molecule has 1 saturated heterocycles. The first-order chi connectivity index (χ1) is 9.49. The van der Waals surface area contributed by atoms with Gasteiger partial charge in [0.25, 0.3) is 5.69 Å². The number of likely N-dealkylation sites (tertiary alicyclic amines) is 1. The molecule has 1 aliphatic rings. The van der Waals surface area contributed by atoms with Gasteiger partial charge >= 0.3 is 0 Å². The second-order valence-corrected chi connectivity index (χ2v) is 5.87. The summed E-state index contributed by atoms with van der Waals surface area (Å²) in [6, 6.07) is 2.65. The van der Waals surface area contributed by atoms with E-state index in [1.54, 1.807) is 0 Å². The van der Waals surface area contributed by atoms with Crippen LogP contribution in [0.2, 0.25) is 0 Å². The molecule has 1 aromatic carbocycles. The highest BCUT2D eigenvalue weighted by molar-refractivity contribution is 9.10. The average molecular weight is 346 g/mol. The molecule has 0 saturated carbocycles. The number of hydrogen-bond acceptors (Lipinski definition) is 4. The lowest BCUT2D eigenvalue weighted by Gasteiger charge is -2.24. The Morgan fingerprint density at radius 3 is 2.75 bits per heavy atom. The van der Waals surface area contributed by atoms with Crippen LogP contribution in [0.15, 0.2) is 16.6 Å². The molecule has 1 aliphatic heterocycles. The Bertz CT molecular complexity index is 507. The Morgan fingerprint density at radius 1 is 1.50 bits per heavy atom. The maximum Gasteiger partial charge on any atom is 0.295 e. The Labute approximate surface area is 125 Å². The van der Waals surface area contributed by atoms with E-state index in [0.29, 0.717) is 18.3 Å². The van der Waals surface area contributed by atoms with Crippen molar-refractivity contribution in [1.29, 1.82) is 0 Å². The van der Waals surface area contributed by atoms with Crippen LogP contribution in [0, 0.1) is 15.9 Å². The first kappa shape index (κ1) is 15.2. The van der Waals surface area contributed by atoms with Crippen molar-refractivity contribution in [3.63, 3.8) is 0 Å². The van der Waals surface area contributed by atoms with E-state index in [-0.39, 0.29) is 10.2 Å². The van der Waals surface area contributed by atoms with Gasteiger partial charge in [-0.05, 0) is 54.9 Å². The first-order valence-electron chi connectivity index (χ1n) is 6.60. The summed E-state index contributed by atoms with van der Waals surface area (Å²) in [5.41, 5.74) is 0.105. The monoisotopic (exact) mass is 345 g/mol. The van der Waals surface area contributed by atoms with Crippen molar-refractivity contribution in [3.8, 4) is 0 Å². The van der Waals surface area contributed by atoms with Crippen LogP contribution in [0.3, 0.4) is 0 Å². The van der Waals surface area contributed by atoms with E-state index < -0.39 is 10.7 Å². The predicted molar refractivity (Wildman–Crippen MR) is 79.5 cm³/mol. The summed E-state index contributed by atoms with van der Waals surface area (Å²) in [7, 11) is 0. The number of nitrogens with one attached hydrogen (secondary N) is 1. The van der Waals surface area contributed by atoms with Crippen molar-refractivity contribution in [1.82, 2.24) is 4.90 Å². The molecule has 2 rings (SSSR count). The normalized spacial score (nSPS) is 17.1. The van der Waals surface area contributed by atoms with Crippen molar-refractivity contribution in [3.05, 3.63) is 32.5 Å². The van der Waals surface area contributed by atoms with E-state index in [2.05, 4.69) is 33.1 Å². The van der Waals surface area contributed by atoms with Crippen LogP contribution in [0.4, 0.5) is 15.8 Å². The lowest BCUT2D eigenvalue weighted by molar-refractivity contribution is -0.384. The molecule has 1 N–H and O–H groups in total. The Kier molecular flexibility index (Phi) is 4.93. The summed E-state index contributed by atoms with van der Waals surface area (Å²) in [5.74, 6) is -0.630. The third-order valence-electron chi connectivity index (χ3n) is 3.59. The molecule has 1 heterocycles. The van der Waals surface area contributed by atoms with Crippen LogP contribution in [0.1, 0.15) is 19.8 Å². The summed E-state index contributed by atoms with van der Waals surface area (Å²) in [5, 5.41) is 14.0. The molecule has 0 amide bonds. The van der Waals surface area contributed by atoms with E-state index in [4.69, 9.17) is 0 Å². The van der Waals surface area contributed by atoms with Crippen molar-refractivity contribution in [2.24, 2.45) is 0 Å². The molecule has 1 atom stereocenters. The van der Waals surface area contributed by atoms with Crippen LogP contribution in [0.5, 0.6) is 0 Å². The van der Waals surface area contributed by atoms with Gasteiger partial charge in [0.05, 0.1) is 15.5 Å². The molecule has 0 aromatic heterocycles. The van der Waals surface area contributed by atoms with Gasteiger partial charge in [0.2, 0.25) is 0 Å². The SMILES string of the molecule is CC(CNc1cc(Br)c(F)cc1[N+](=O)[O-])N1CCCC1. The fourth-order valence-electron chi connectivity index (χ4n) is 2.40. The van der Waals surface area contributed by atoms with Gasteiger partial charge in [0, 0.05) is 12.6 Å². The summed E-state index contributed by atoms with van der Waals surface area (Å²) in [6.45, 7) is 4.82. The van der Waals surface area contributed by atoms with Crippen LogP contribution in [-0.4, -0.2) is 35.5 Å². The number of halogens is 2.